The van der Waals surface area contributed by atoms with Gasteiger partial charge in [-0.25, -0.2) is 0 Å². The van der Waals surface area contributed by atoms with Crippen LogP contribution in [0.1, 0.15) is 32.0 Å². The third kappa shape index (κ3) is 7.35. The van der Waals surface area contributed by atoms with Gasteiger partial charge in [-0.05, 0) is 63.5 Å². The molecule has 0 saturated carbocycles. The molecular weight excluding hydrogens is 526 g/mol. The Morgan fingerprint density at radius 2 is 2.05 bits per heavy atom. The van der Waals surface area contributed by atoms with Crippen molar-refractivity contribution in [3.63, 3.8) is 0 Å². The average Bonchev–Trinajstić information content (AvgIpc) is 3.00. The summed E-state index contributed by atoms with van der Waals surface area (Å²) >= 11 is 6.51. The summed E-state index contributed by atoms with van der Waals surface area (Å²) in [6, 6.07) is 13.8. The van der Waals surface area contributed by atoms with E-state index in [2.05, 4.69) is 21.4 Å². The SMILES string of the molecule is [2H]/C(C(=O)Cc1cc2c(Nc3ccc(OCc4ccccn4)c(Cl)c3)c(C#N)cnc2cc1OC([2H])([2H])C)=C(/[2H])C([2H])([2H])N(C)C. The van der Waals surface area contributed by atoms with Crippen molar-refractivity contribution in [2.45, 2.75) is 20.0 Å². The Morgan fingerprint density at radius 1 is 1.20 bits per heavy atom. The predicted molar refractivity (Wildman–Crippen MR) is 157 cm³/mol. The number of rotatable bonds is 12. The van der Waals surface area contributed by atoms with Crippen LogP contribution in [0.15, 0.2) is 73.0 Å². The molecule has 0 spiro atoms. The van der Waals surface area contributed by atoms with E-state index in [0.717, 1.165) is 10.6 Å². The Kier molecular flexibility index (Phi) is 7.25. The number of carbonyl (C=O) groups is 1. The molecule has 8 nitrogen and oxygen atoms in total. The number of benzene rings is 2. The lowest BCUT2D eigenvalue weighted by Crippen LogP contribution is -2.11. The molecule has 4 rings (SSSR count). The van der Waals surface area contributed by atoms with Crippen LogP contribution in [0.25, 0.3) is 10.9 Å². The summed E-state index contributed by atoms with van der Waals surface area (Å²) in [4.78, 5) is 22.8. The Balaban J connectivity index is 1.74. The number of aromatic nitrogens is 2. The largest absolute Gasteiger partial charge is 0.494 e. The smallest absolute Gasteiger partial charge is 0.159 e. The molecule has 0 aliphatic carbocycles. The van der Waals surface area contributed by atoms with Gasteiger partial charge in [0.2, 0.25) is 0 Å². The van der Waals surface area contributed by atoms with E-state index < -0.39 is 37.4 Å². The van der Waals surface area contributed by atoms with E-state index >= 15 is 0 Å². The zero-order chi connectivity index (χ0) is 33.8. The minimum atomic E-state index is -2.38. The Morgan fingerprint density at radius 3 is 2.75 bits per heavy atom. The Labute approximate surface area is 247 Å². The molecule has 0 saturated heterocycles. The zero-order valence-electron chi connectivity index (χ0n) is 28.1. The van der Waals surface area contributed by atoms with Crippen LogP contribution in [0.3, 0.4) is 0 Å². The number of halogens is 1. The average molecular weight is 562 g/mol. The number of anilines is 2. The van der Waals surface area contributed by atoms with Gasteiger partial charge < -0.3 is 19.7 Å². The van der Waals surface area contributed by atoms with Crippen molar-refractivity contribution in [3.8, 4) is 17.6 Å². The van der Waals surface area contributed by atoms with Crippen LogP contribution in [0.4, 0.5) is 11.4 Å². The molecule has 1 N–H and O–H groups in total. The lowest BCUT2D eigenvalue weighted by molar-refractivity contribution is -0.114. The van der Waals surface area contributed by atoms with Crippen molar-refractivity contribution >= 4 is 39.7 Å². The summed E-state index contributed by atoms with van der Waals surface area (Å²) in [7, 11) is 2.77. The van der Waals surface area contributed by atoms with Gasteiger partial charge in [0, 0.05) is 50.8 Å². The predicted octanol–water partition coefficient (Wildman–Crippen LogP) is 6.11. The summed E-state index contributed by atoms with van der Waals surface area (Å²) in [5.41, 5.74) is 2.15. The number of pyridine rings is 2. The van der Waals surface area contributed by atoms with E-state index in [9.17, 15) is 10.1 Å². The van der Waals surface area contributed by atoms with Crippen molar-refractivity contribution in [2.75, 3.05) is 32.5 Å². The fraction of sp³-hybridized carbons (Fsp3) is 0.226. The first-order chi connectivity index (χ1) is 21.6. The topological polar surface area (TPSA) is 100 Å². The molecule has 0 fully saturated rings. The summed E-state index contributed by atoms with van der Waals surface area (Å²) in [6.45, 7) is -3.14. The van der Waals surface area contributed by atoms with Gasteiger partial charge in [-0.1, -0.05) is 23.7 Å². The van der Waals surface area contributed by atoms with Gasteiger partial charge in [0.25, 0.3) is 0 Å². The van der Waals surface area contributed by atoms with Crippen LogP contribution >= 0.6 is 11.6 Å². The standard InChI is InChI=1S/C31H30ClN5O3/c1-4-39-30-17-28-26(15-21(30)14-25(38)9-7-13-37(2)3)31(22(18-33)19-35-28)36-23-10-11-29(27(32)16-23)40-20-24-8-5-6-12-34-24/h5-12,15-17,19H,4,13-14,20H2,1-3H3,(H,35,36)/b9-7+/i4D2,7D,9D,13D2. The second kappa shape index (κ2) is 13.6. The molecule has 40 heavy (non-hydrogen) atoms. The molecule has 2 aromatic heterocycles. The molecule has 0 bridgehead atoms. The van der Waals surface area contributed by atoms with E-state index in [-0.39, 0.29) is 23.5 Å². The highest BCUT2D eigenvalue weighted by atomic mass is 35.5. The van der Waals surface area contributed by atoms with Crippen LogP contribution in [-0.2, 0) is 17.8 Å². The van der Waals surface area contributed by atoms with Crippen LogP contribution in [0.5, 0.6) is 11.5 Å². The van der Waals surface area contributed by atoms with E-state index in [4.69, 9.17) is 29.3 Å². The maximum Gasteiger partial charge on any atom is 0.159 e. The normalized spacial score (nSPS) is 14.5. The number of hydrogen-bond donors (Lipinski definition) is 1. The molecule has 0 aliphatic rings. The fourth-order valence-electron chi connectivity index (χ4n) is 3.73. The first kappa shape index (κ1) is 21.4. The molecule has 0 aliphatic heterocycles. The molecule has 4 aromatic rings. The molecule has 9 heteroatoms. The summed E-state index contributed by atoms with van der Waals surface area (Å²) in [6.07, 6.45) is 2.48. The first-order valence-corrected chi connectivity index (χ1v) is 12.5. The van der Waals surface area contributed by atoms with Gasteiger partial charge in [-0.15, -0.1) is 0 Å². The van der Waals surface area contributed by atoms with E-state index in [1.54, 1.807) is 30.5 Å². The fourth-order valence-corrected chi connectivity index (χ4v) is 3.96. The van der Waals surface area contributed by atoms with Crippen LogP contribution in [-0.4, -0.2) is 47.8 Å². The number of ketones is 1. The Bertz CT molecular complexity index is 1840. The van der Waals surface area contributed by atoms with Crippen molar-refractivity contribution in [3.05, 3.63) is 94.9 Å². The number of hydrogen-bond acceptors (Lipinski definition) is 8. The number of likely N-dealkylation sites (N-methyl/N-ethyl adjacent to an activating group) is 1. The third-order valence-electron chi connectivity index (χ3n) is 5.52. The number of nitrogens with zero attached hydrogens (tertiary/aromatic N) is 4. The maximum absolute atomic E-state index is 13.2. The minimum absolute atomic E-state index is 0.0380. The minimum Gasteiger partial charge on any atom is -0.494 e. The monoisotopic (exact) mass is 561 g/mol. The maximum atomic E-state index is 13.2. The second-order valence-corrected chi connectivity index (χ2v) is 9.09. The summed E-state index contributed by atoms with van der Waals surface area (Å²) in [5, 5.41) is 13.8. The van der Waals surface area contributed by atoms with E-state index in [1.807, 2.05) is 12.1 Å². The summed E-state index contributed by atoms with van der Waals surface area (Å²) < 4.78 is 59.7. The molecule has 2 heterocycles. The van der Waals surface area contributed by atoms with Crippen molar-refractivity contribution in [2.24, 2.45) is 0 Å². The van der Waals surface area contributed by atoms with Gasteiger partial charge in [-0.3, -0.25) is 14.8 Å². The first-order valence-electron chi connectivity index (χ1n) is 15.1. The van der Waals surface area contributed by atoms with E-state index in [1.165, 1.54) is 39.3 Å². The Hall–Kier alpha value is -4.45. The lowest BCUT2D eigenvalue weighted by atomic mass is 10.0. The van der Waals surface area contributed by atoms with Crippen molar-refractivity contribution in [1.29, 1.82) is 5.26 Å². The van der Waals surface area contributed by atoms with Crippen LogP contribution in [0.2, 0.25) is 5.02 Å². The molecule has 0 unspecified atom stereocenters. The number of ether oxygens (including phenoxy) is 2. The van der Waals surface area contributed by atoms with Crippen molar-refractivity contribution in [1.82, 2.24) is 14.9 Å². The van der Waals surface area contributed by atoms with Gasteiger partial charge in [0.05, 0.1) is 39.5 Å². The quantitative estimate of drug-likeness (QED) is 0.207. The van der Waals surface area contributed by atoms with Crippen LogP contribution in [0, 0.1) is 11.3 Å². The molecule has 2 aromatic carbocycles. The molecule has 0 atom stereocenters. The number of nitriles is 1. The third-order valence-corrected chi connectivity index (χ3v) is 5.81. The molecule has 0 radical (unpaired) electrons. The number of nitrogens with one attached hydrogen (secondary N) is 1. The highest BCUT2D eigenvalue weighted by Crippen LogP contribution is 2.36. The zero-order valence-corrected chi connectivity index (χ0v) is 22.8. The van der Waals surface area contributed by atoms with Gasteiger partial charge in [-0.2, -0.15) is 5.26 Å². The second-order valence-electron chi connectivity index (χ2n) is 8.68. The summed E-state index contributed by atoms with van der Waals surface area (Å²) in [5.74, 6) is -0.506. The number of fused-ring (bicyclic) bond motifs is 1. The molecule has 204 valence electrons. The lowest BCUT2D eigenvalue weighted by Gasteiger charge is -2.16. The molecule has 0 amide bonds. The van der Waals surface area contributed by atoms with Gasteiger partial charge in [0.1, 0.15) is 24.2 Å². The number of allylic oxidation sites excluding steroid dienone is 1. The number of carbonyl (C=O) groups excluding carboxylic acids is 1. The van der Waals surface area contributed by atoms with Crippen LogP contribution < -0.4 is 14.8 Å². The highest BCUT2D eigenvalue weighted by Gasteiger charge is 2.16. The van der Waals surface area contributed by atoms with Crippen molar-refractivity contribution < 1.29 is 22.5 Å². The van der Waals surface area contributed by atoms with E-state index in [0.29, 0.717) is 33.0 Å². The molecular formula is C31H30ClN5O3. The van der Waals surface area contributed by atoms with Gasteiger partial charge >= 0.3 is 0 Å². The highest BCUT2D eigenvalue weighted by molar-refractivity contribution is 6.32. The van der Waals surface area contributed by atoms with Gasteiger partial charge in [0.15, 0.2) is 5.78 Å².